The molecular formula is C11H14N2O2. The third-order valence-corrected chi connectivity index (χ3v) is 3.46. The van der Waals surface area contributed by atoms with Gasteiger partial charge in [-0.2, -0.15) is 0 Å². The lowest BCUT2D eigenvalue weighted by molar-refractivity contribution is 0.363. The van der Waals surface area contributed by atoms with Gasteiger partial charge in [-0.1, -0.05) is 12.2 Å². The number of nitrogens with zero attached hydrogens (tertiary/aromatic N) is 1. The van der Waals surface area contributed by atoms with Gasteiger partial charge in [-0.25, -0.2) is 0 Å². The van der Waals surface area contributed by atoms with Crippen molar-refractivity contribution in [1.82, 2.24) is 4.57 Å². The predicted octanol–water partition coefficient (Wildman–Crippen LogP) is 0.999. The van der Waals surface area contributed by atoms with E-state index in [1.54, 1.807) is 0 Å². The van der Waals surface area contributed by atoms with E-state index in [9.17, 15) is 10.2 Å². The lowest BCUT2D eigenvalue weighted by Gasteiger charge is -2.07. The van der Waals surface area contributed by atoms with E-state index in [1.165, 1.54) is 4.57 Å². The Bertz CT molecular complexity index is 412. The average molecular weight is 206 g/mol. The normalized spacial score (nSPS) is 26.2. The highest BCUT2D eigenvalue weighted by Crippen LogP contribution is 2.56. The molecule has 1 heterocycles. The molecule has 0 fully saturated rings. The molecule has 2 bridgehead atoms. The lowest BCUT2D eigenvalue weighted by atomic mass is 10.0. The SMILES string of the molecule is NCCn1c(O)c2c(c1O)C1C=CC2C1. The van der Waals surface area contributed by atoms with Crippen molar-refractivity contribution >= 4 is 0 Å². The van der Waals surface area contributed by atoms with Gasteiger partial charge in [0, 0.05) is 36.1 Å². The maximum absolute atomic E-state index is 10.00. The van der Waals surface area contributed by atoms with E-state index in [2.05, 4.69) is 12.2 Å². The van der Waals surface area contributed by atoms with Crippen LogP contribution in [-0.4, -0.2) is 21.3 Å². The van der Waals surface area contributed by atoms with Crippen LogP contribution in [0.2, 0.25) is 0 Å². The van der Waals surface area contributed by atoms with Gasteiger partial charge in [-0.3, -0.25) is 4.57 Å². The van der Waals surface area contributed by atoms with Crippen molar-refractivity contribution < 1.29 is 10.2 Å². The molecule has 1 aromatic rings. The number of rotatable bonds is 2. The highest BCUT2D eigenvalue weighted by atomic mass is 16.3. The lowest BCUT2D eigenvalue weighted by Crippen LogP contribution is -2.09. The molecule has 2 aliphatic carbocycles. The molecule has 0 amide bonds. The summed E-state index contributed by atoms with van der Waals surface area (Å²) in [4.78, 5) is 0. The number of hydrogen-bond acceptors (Lipinski definition) is 3. The molecule has 0 saturated carbocycles. The molecule has 15 heavy (non-hydrogen) atoms. The Labute approximate surface area is 87.6 Å². The van der Waals surface area contributed by atoms with Crippen LogP contribution in [0.5, 0.6) is 11.8 Å². The quantitative estimate of drug-likeness (QED) is 0.632. The second kappa shape index (κ2) is 2.79. The first-order valence-electron chi connectivity index (χ1n) is 5.26. The molecule has 3 rings (SSSR count). The molecule has 2 aliphatic rings. The summed E-state index contributed by atoms with van der Waals surface area (Å²) in [6.45, 7) is 0.877. The molecular weight excluding hydrogens is 192 g/mol. The van der Waals surface area contributed by atoms with Crippen LogP contribution in [-0.2, 0) is 6.54 Å². The van der Waals surface area contributed by atoms with Crippen molar-refractivity contribution in [2.45, 2.75) is 24.8 Å². The van der Waals surface area contributed by atoms with Crippen molar-refractivity contribution in [2.75, 3.05) is 6.54 Å². The number of allylic oxidation sites excluding steroid dienone is 2. The van der Waals surface area contributed by atoms with Gasteiger partial charge in [0.05, 0.1) is 0 Å². The number of nitrogens with two attached hydrogens (primary N) is 1. The summed E-state index contributed by atoms with van der Waals surface area (Å²) in [6.07, 6.45) is 5.22. The van der Waals surface area contributed by atoms with Gasteiger partial charge in [0.25, 0.3) is 0 Å². The fourth-order valence-electron chi connectivity index (χ4n) is 2.83. The summed E-state index contributed by atoms with van der Waals surface area (Å²) >= 11 is 0. The molecule has 0 aliphatic heterocycles. The van der Waals surface area contributed by atoms with E-state index < -0.39 is 0 Å². The highest BCUT2D eigenvalue weighted by Gasteiger charge is 2.40. The molecule has 4 heteroatoms. The molecule has 2 unspecified atom stereocenters. The topological polar surface area (TPSA) is 71.4 Å². The van der Waals surface area contributed by atoms with E-state index in [4.69, 9.17) is 5.73 Å². The number of aromatic nitrogens is 1. The van der Waals surface area contributed by atoms with Crippen LogP contribution in [0, 0.1) is 0 Å². The molecule has 4 nitrogen and oxygen atoms in total. The number of aromatic hydroxyl groups is 2. The van der Waals surface area contributed by atoms with E-state index >= 15 is 0 Å². The number of hydrogen-bond donors (Lipinski definition) is 3. The zero-order valence-corrected chi connectivity index (χ0v) is 8.35. The molecule has 0 radical (unpaired) electrons. The molecule has 0 aromatic carbocycles. The molecule has 4 N–H and O–H groups in total. The Hall–Kier alpha value is -1.42. The summed E-state index contributed by atoms with van der Waals surface area (Å²) in [6, 6.07) is 0. The van der Waals surface area contributed by atoms with E-state index in [-0.39, 0.29) is 23.6 Å². The first-order chi connectivity index (χ1) is 7.24. The van der Waals surface area contributed by atoms with Gasteiger partial charge in [0.1, 0.15) is 0 Å². The number of fused-ring (bicyclic) bond motifs is 5. The van der Waals surface area contributed by atoms with Crippen LogP contribution in [0.3, 0.4) is 0 Å². The fraction of sp³-hybridized carbons (Fsp3) is 0.455. The Morgan fingerprint density at radius 2 is 1.73 bits per heavy atom. The van der Waals surface area contributed by atoms with E-state index in [0.717, 1.165) is 17.5 Å². The van der Waals surface area contributed by atoms with Crippen LogP contribution in [0.15, 0.2) is 12.2 Å². The summed E-state index contributed by atoms with van der Waals surface area (Å²) in [5, 5.41) is 20.0. The van der Waals surface area contributed by atoms with E-state index in [1.807, 2.05) is 0 Å². The Kier molecular flexibility index (Phi) is 1.65. The monoisotopic (exact) mass is 206 g/mol. The van der Waals surface area contributed by atoms with Crippen LogP contribution in [0.4, 0.5) is 0 Å². The van der Waals surface area contributed by atoms with Gasteiger partial charge in [-0.15, -0.1) is 0 Å². The average Bonchev–Trinajstić information content (AvgIpc) is 2.87. The third kappa shape index (κ3) is 0.946. The van der Waals surface area contributed by atoms with Crippen molar-refractivity contribution in [2.24, 2.45) is 5.73 Å². The first kappa shape index (κ1) is 8.85. The second-order valence-corrected chi connectivity index (χ2v) is 4.25. The summed E-state index contributed by atoms with van der Waals surface area (Å²) in [5.74, 6) is 0.972. The first-order valence-corrected chi connectivity index (χ1v) is 5.26. The summed E-state index contributed by atoms with van der Waals surface area (Å²) in [5.41, 5.74) is 7.26. The third-order valence-electron chi connectivity index (χ3n) is 3.46. The van der Waals surface area contributed by atoms with Crippen LogP contribution in [0.1, 0.15) is 29.4 Å². The summed E-state index contributed by atoms with van der Waals surface area (Å²) in [7, 11) is 0. The van der Waals surface area contributed by atoms with Crippen molar-refractivity contribution in [3.05, 3.63) is 23.3 Å². The fourth-order valence-corrected chi connectivity index (χ4v) is 2.83. The van der Waals surface area contributed by atoms with Crippen LogP contribution >= 0.6 is 0 Å². The largest absolute Gasteiger partial charge is 0.494 e. The van der Waals surface area contributed by atoms with Crippen molar-refractivity contribution in [1.29, 1.82) is 0 Å². The van der Waals surface area contributed by atoms with Gasteiger partial charge in [0.15, 0.2) is 11.8 Å². The highest BCUT2D eigenvalue weighted by molar-refractivity contribution is 5.58. The van der Waals surface area contributed by atoms with Crippen LogP contribution in [0.25, 0.3) is 0 Å². The predicted molar refractivity (Wildman–Crippen MR) is 56.1 cm³/mol. The Balaban J connectivity index is 2.17. The minimum Gasteiger partial charge on any atom is -0.494 e. The zero-order valence-electron chi connectivity index (χ0n) is 8.35. The minimum absolute atomic E-state index is 0.199. The zero-order chi connectivity index (χ0) is 10.6. The molecule has 1 aromatic heterocycles. The smallest absolute Gasteiger partial charge is 0.198 e. The molecule has 0 saturated heterocycles. The summed E-state index contributed by atoms with van der Waals surface area (Å²) < 4.78 is 1.51. The molecule has 2 atom stereocenters. The second-order valence-electron chi connectivity index (χ2n) is 4.25. The van der Waals surface area contributed by atoms with Crippen LogP contribution < -0.4 is 5.73 Å². The van der Waals surface area contributed by atoms with Gasteiger partial charge >= 0.3 is 0 Å². The van der Waals surface area contributed by atoms with Gasteiger partial charge in [0.2, 0.25) is 0 Å². The van der Waals surface area contributed by atoms with Gasteiger partial charge < -0.3 is 15.9 Å². The Morgan fingerprint density at radius 3 is 2.20 bits per heavy atom. The maximum Gasteiger partial charge on any atom is 0.198 e. The molecule has 80 valence electrons. The standard InChI is InChI=1S/C11H14N2O2/c12-3-4-13-10(14)8-6-1-2-7(5-6)9(8)11(13)15/h1-2,6-7,14-15H,3-5,12H2. The van der Waals surface area contributed by atoms with Crippen molar-refractivity contribution in [3.8, 4) is 11.8 Å². The van der Waals surface area contributed by atoms with Gasteiger partial charge in [-0.05, 0) is 6.42 Å². The van der Waals surface area contributed by atoms with Crippen molar-refractivity contribution in [3.63, 3.8) is 0 Å². The van der Waals surface area contributed by atoms with E-state index in [0.29, 0.717) is 13.1 Å². The minimum atomic E-state index is 0.199. The maximum atomic E-state index is 10.00. The Morgan fingerprint density at radius 1 is 1.20 bits per heavy atom. The molecule has 0 spiro atoms.